The van der Waals surface area contributed by atoms with Gasteiger partial charge in [0.2, 0.25) is 11.9 Å². The van der Waals surface area contributed by atoms with Crippen LogP contribution in [-0.4, -0.2) is 35.4 Å². The first-order chi connectivity index (χ1) is 9.63. The fraction of sp³-hybridized carbons (Fsp3) is 0.100. The number of halogens is 1. The molecule has 10 heteroatoms. The van der Waals surface area contributed by atoms with Gasteiger partial charge < -0.3 is 11.1 Å². The lowest BCUT2D eigenvalue weighted by molar-refractivity contribution is 0.715. The Hall–Kier alpha value is -2.68. The van der Waals surface area contributed by atoms with Crippen molar-refractivity contribution in [3.8, 4) is 11.4 Å². The molecule has 102 valence electrons. The van der Waals surface area contributed by atoms with Crippen LogP contribution < -0.4 is 11.1 Å². The zero-order chi connectivity index (χ0) is 14.1. The van der Waals surface area contributed by atoms with Gasteiger partial charge in [-0.3, -0.25) is 0 Å². The lowest BCUT2D eigenvalue weighted by Gasteiger charge is -2.06. The van der Waals surface area contributed by atoms with Gasteiger partial charge in [0, 0.05) is 18.3 Å². The minimum atomic E-state index is 0.236. The number of H-pyrrole nitrogens is 1. The topological polar surface area (TPSA) is 123 Å². The third kappa shape index (κ3) is 2.26. The fourth-order valence-corrected chi connectivity index (χ4v) is 1.96. The summed E-state index contributed by atoms with van der Waals surface area (Å²) in [5.41, 5.74) is 6.91. The number of aromatic nitrogens is 7. The quantitative estimate of drug-likeness (QED) is 0.657. The van der Waals surface area contributed by atoms with Crippen LogP contribution >= 0.6 is 11.6 Å². The van der Waals surface area contributed by atoms with E-state index in [2.05, 4.69) is 36.0 Å². The van der Waals surface area contributed by atoms with Crippen molar-refractivity contribution in [2.45, 2.75) is 0 Å². The summed E-state index contributed by atoms with van der Waals surface area (Å²) in [7, 11) is 1.74. The molecule has 1 aromatic carbocycles. The summed E-state index contributed by atoms with van der Waals surface area (Å²) in [6, 6.07) is 5.37. The molecule has 0 bridgehead atoms. The van der Waals surface area contributed by atoms with E-state index in [0.29, 0.717) is 16.8 Å². The van der Waals surface area contributed by atoms with E-state index in [-0.39, 0.29) is 5.95 Å². The number of anilines is 3. The van der Waals surface area contributed by atoms with Crippen molar-refractivity contribution in [1.82, 2.24) is 35.4 Å². The van der Waals surface area contributed by atoms with Gasteiger partial charge in [-0.05, 0) is 28.6 Å². The Labute approximate surface area is 118 Å². The molecular formula is C10H10ClN9. The van der Waals surface area contributed by atoms with Crippen molar-refractivity contribution in [1.29, 1.82) is 0 Å². The highest BCUT2D eigenvalue weighted by Gasteiger charge is 2.11. The molecule has 9 nitrogen and oxygen atoms in total. The first-order valence-corrected chi connectivity index (χ1v) is 5.98. The van der Waals surface area contributed by atoms with Crippen LogP contribution in [0.25, 0.3) is 11.4 Å². The minimum absolute atomic E-state index is 0.236. The van der Waals surface area contributed by atoms with Gasteiger partial charge in [0.15, 0.2) is 5.82 Å². The molecule has 0 aliphatic carbocycles. The van der Waals surface area contributed by atoms with Crippen molar-refractivity contribution in [2.75, 3.05) is 11.1 Å². The Balaban J connectivity index is 1.90. The van der Waals surface area contributed by atoms with Gasteiger partial charge in [-0.15, -0.1) is 10.2 Å². The van der Waals surface area contributed by atoms with Gasteiger partial charge in [-0.2, -0.15) is 4.98 Å². The van der Waals surface area contributed by atoms with Gasteiger partial charge in [0.05, 0.1) is 5.02 Å². The number of tetrazole rings is 1. The summed E-state index contributed by atoms with van der Waals surface area (Å²) in [5.74, 6) is 1.19. The number of rotatable bonds is 3. The predicted molar refractivity (Wildman–Crippen MR) is 73.3 cm³/mol. The molecule has 0 atom stereocenters. The van der Waals surface area contributed by atoms with Crippen LogP contribution in [0, 0.1) is 0 Å². The van der Waals surface area contributed by atoms with E-state index in [1.54, 1.807) is 17.8 Å². The number of aryl methyl sites for hydroxylation is 1. The van der Waals surface area contributed by atoms with E-state index in [9.17, 15) is 0 Å². The van der Waals surface area contributed by atoms with Crippen LogP contribution in [0.1, 0.15) is 0 Å². The number of hydrogen-bond acceptors (Lipinski definition) is 7. The number of aromatic amines is 1. The molecule has 0 saturated carbocycles. The Morgan fingerprint density at radius 3 is 2.85 bits per heavy atom. The van der Waals surface area contributed by atoms with Crippen molar-refractivity contribution >= 4 is 29.2 Å². The van der Waals surface area contributed by atoms with E-state index in [1.807, 2.05) is 12.1 Å². The summed E-state index contributed by atoms with van der Waals surface area (Å²) >= 11 is 6.24. The number of hydrogen-bond donors (Lipinski definition) is 3. The number of nitrogens with zero attached hydrogens (tertiary/aromatic N) is 6. The second-order valence-electron chi connectivity index (χ2n) is 3.99. The number of nitrogens with one attached hydrogen (secondary N) is 2. The molecule has 0 fully saturated rings. The Morgan fingerprint density at radius 2 is 2.25 bits per heavy atom. The SMILES string of the molecule is Cn1nnnc1-c1ccc(Nc2n[nH]c(N)n2)cc1Cl. The van der Waals surface area contributed by atoms with Crippen molar-refractivity contribution in [2.24, 2.45) is 7.05 Å². The zero-order valence-electron chi connectivity index (χ0n) is 10.4. The molecule has 4 N–H and O–H groups in total. The lowest BCUT2D eigenvalue weighted by atomic mass is 10.2. The van der Waals surface area contributed by atoms with E-state index in [4.69, 9.17) is 17.3 Å². The number of nitrogen functional groups attached to an aromatic ring is 1. The van der Waals surface area contributed by atoms with Crippen molar-refractivity contribution in [3.63, 3.8) is 0 Å². The average molecular weight is 292 g/mol. The summed E-state index contributed by atoms with van der Waals surface area (Å²) in [6.45, 7) is 0. The smallest absolute Gasteiger partial charge is 0.248 e. The molecule has 0 spiro atoms. The maximum atomic E-state index is 6.24. The highest BCUT2D eigenvalue weighted by Crippen LogP contribution is 2.29. The number of benzene rings is 1. The van der Waals surface area contributed by atoms with E-state index in [0.717, 1.165) is 11.3 Å². The van der Waals surface area contributed by atoms with Crippen LogP contribution in [0.5, 0.6) is 0 Å². The molecule has 0 radical (unpaired) electrons. The average Bonchev–Trinajstić information content (AvgIpc) is 2.99. The van der Waals surface area contributed by atoms with E-state index < -0.39 is 0 Å². The molecule has 0 saturated heterocycles. The Bertz CT molecular complexity index is 747. The lowest BCUT2D eigenvalue weighted by Crippen LogP contribution is -1.97. The first-order valence-electron chi connectivity index (χ1n) is 5.60. The molecule has 2 aromatic heterocycles. The molecule has 0 aliphatic rings. The van der Waals surface area contributed by atoms with Gasteiger partial charge in [-0.1, -0.05) is 11.6 Å². The van der Waals surface area contributed by atoms with Crippen molar-refractivity contribution < 1.29 is 0 Å². The first kappa shape index (κ1) is 12.4. The van der Waals surface area contributed by atoms with Gasteiger partial charge in [0.25, 0.3) is 0 Å². The summed E-state index contributed by atoms with van der Waals surface area (Å²) in [4.78, 5) is 3.94. The maximum Gasteiger partial charge on any atom is 0.248 e. The maximum absolute atomic E-state index is 6.24. The molecular weight excluding hydrogens is 282 g/mol. The largest absolute Gasteiger partial charge is 0.368 e. The second-order valence-corrected chi connectivity index (χ2v) is 4.40. The molecule has 0 aliphatic heterocycles. The minimum Gasteiger partial charge on any atom is -0.368 e. The van der Waals surface area contributed by atoms with E-state index in [1.165, 1.54) is 0 Å². The van der Waals surface area contributed by atoms with Crippen molar-refractivity contribution in [3.05, 3.63) is 23.2 Å². The van der Waals surface area contributed by atoms with Crippen LogP contribution in [-0.2, 0) is 7.05 Å². The summed E-state index contributed by atoms with van der Waals surface area (Å²) < 4.78 is 1.55. The molecule has 20 heavy (non-hydrogen) atoms. The predicted octanol–water partition coefficient (Wildman–Crippen LogP) is 0.974. The third-order valence-corrected chi connectivity index (χ3v) is 2.90. The second kappa shape index (κ2) is 4.78. The Morgan fingerprint density at radius 1 is 1.40 bits per heavy atom. The summed E-state index contributed by atoms with van der Waals surface area (Å²) in [5, 5.41) is 21.2. The Kier molecular flexibility index (Phi) is 2.95. The van der Waals surface area contributed by atoms with Gasteiger partial charge >= 0.3 is 0 Å². The standard InChI is InChI=1S/C10H10ClN9/c1-20-8(15-18-19-20)6-3-2-5(4-7(6)11)13-10-14-9(12)16-17-10/h2-4H,1H3,(H4,12,13,14,16,17). The fourth-order valence-electron chi connectivity index (χ4n) is 1.69. The summed E-state index contributed by atoms with van der Waals surface area (Å²) in [6.07, 6.45) is 0. The molecule has 0 unspecified atom stereocenters. The zero-order valence-corrected chi connectivity index (χ0v) is 11.1. The van der Waals surface area contributed by atoms with Crippen LogP contribution in [0.3, 0.4) is 0 Å². The monoisotopic (exact) mass is 291 g/mol. The highest BCUT2D eigenvalue weighted by molar-refractivity contribution is 6.33. The van der Waals surface area contributed by atoms with E-state index >= 15 is 0 Å². The third-order valence-electron chi connectivity index (χ3n) is 2.59. The molecule has 2 heterocycles. The molecule has 3 aromatic rings. The normalized spacial score (nSPS) is 10.7. The highest BCUT2D eigenvalue weighted by atomic mass is 35.5. The number of nitrogens with two attached hydrogens (primary N) is 1. The molecule has 3 rings (SSSR count). The van der Waals surface area contributed by atoms with Crippen LogP contribution in [0.2, 0.25) is 5.02 Å². The van der Waals surface area contributed by atoms with Gasteiger partial charge in [-0.25, -0.2) is 9.78 Å². The van der Waals surface area contributed by atoms with Gasteiger partial charge in [0.1, 0.15) is 0 Å². The molecule has 0 amide bonds. The van der Waals surface area contributed by atoms with Crippen LogP contribution in [0.15, 0.2) is 18.2 Å². The van der Waals surface area contributed by atoms with Crippen LogP contribution in [0.4, 0.5) is 17.6 Å².